The third-order valence-corrected chi connectivity index (χ3v) is 5.11. The number of carbonyl (C=O) groups is 1. The number of aliphatic hydroxyl groups is 1. The highest BCUT2D eigenvalue weighted by Crippen LogP contribution is 2.36. The first-order chi connectivity index (χ1) is 14.0. The van der Waals surface area contributed by atoms with Crippen molar-refractivity contribution in [3.8, 4) is 0 Å². The number of nitrogens with one attached hydrogen (secondary N) is 1. The molecule has 0 aliphatic carbocycles. The van der Waals surface area contributed by atoms with E-state index in [9.17, 15) is 13.6 Å². The van der Waals surface area contributed by atoms with Crippen LogP contribution in [0.15, 0.2) is 36.7 Å². The van der Waals surface area contributed by atoms with Gasteiger partial charge < -0.3 is 15.3 Å². The zero-order valence-electron chi connectivity index (χ0n) is 15.8. The normalized spacial score (nSPS) is 17.7. The summed E-state index contributed by atoms with van der Waals surface area (Å²) in [5.74, 6) is -0.759. The Morgan fingerprint density at radius 1 is 1.38 bits per heavy atom. The Bertz CT molecular complexity index is 1050. The maximum atomic E-state index is 14.3. The molecule has 2 N–H and O–H groups in total. The maximum Gasteiger partial charge on any atom is 0.257 e. The van der Waals surface area contributed by atoms with Gasteiger partial charge in [0.05, 0.1) is 18.8 Å². The van der Waals surface area contributed by atoms with Gasteiger partial charge in [-0.25, -0.2) is 18.3 Å². The van der Waals surface area contributed by atoms with Crippen molar-refractivity contribution in [2.75, 3.05) is 18.1 Å². The number of amides is 1. The Hall–Kier alpha value is -3.07. The summed E-state index contributed by atoms with van der Waals surface area (Å²) in [6.07, 6.45) is 4.59. The molecular formula is C20H21F2N5O2. The molecule has 0 spiro atoms. The van der Waals surface area contributed by atoms with E-state index in [0.717, 1.165) is 18.6 Å². The molecule has 0 bridgehead atoms. The lowest BCUT2D eigenvalue weighted by Crippen LogP contribution is -2.35. The summed E-state index contributed by atoms with van der Waals surface area (Å²) >= 11 is 0. The lowest BCUT2D eigenvalue weighted by atomic mass is 10.0. The van der Waals surface area contributed by atoms with Gasteiger partial charge in [0.1, 0.15) is 23.0 Å². The lowest BCUT2D eigenvalue weighted by molar-refractivity contribution is 0.0924. The standard InChI is InChI=1S/C20H21F2N5O2/c1-12(11-28)24-20(29)15-10-23-27-8-6-18(25-19(15)27)26-7-2-3-17(26)14-9-13(21)4-5-16(14)22/h4-6,8-10,12,17,28H,2-3,7,11H2,1H3,(H,24,29)/t12?,17-/m1/s1. The molecule has 152 valence electrons. The van der Waals surface area contributed by atoms with E-state index in [0.29, 0.717) is 30.0 Å². The van der Waals surface area contributed by atoms with E-state index in [1.54, 1.807) is 19.2 Å². The van der Waals surface area contributed by atoms with Gasteiger partial charge in [-0.3, -0.25) is 4.79 Å². The van der Waals surface area contributed by atoms with Crippen molar-refractivity contribution >= 4 is 17.4 Å². The summed E-state index contributed by atoms with van der Waals surface area (Å²) in [5.41, 5.74) is 0.933. The Morgan fingerprint density at radius 3 is 3.00 bits per heavy atom. The molecule has 4 rings (SSSR count). The highest BCUT2D eigenvalue weighted by molar-refractivity contribution is 5.99. The molecule has 0 saturated carbocycles. The minimum absolute atomic E-state index is 0.182. The number of hydrogen-bond donors (Lipinski definition) is 2. The molecule has 0 radical (unpaired) electrons. The van der Waals surface area contributed by atoms with Crippen LogP contribution in [0, 0.1) is 11.6 Å². The van der Waals surface area contributed by atoms with Crippen LogP contribution in [-0.2, 0) is 0 Å². The third kappa shape index (κ3) is 3.65. The van der Waals surface area contributed by atoms with Crippen molar-refractivity contribution in [2.45, 2.75) is 31.8 Å². The molecule has 1 fully saturated rings. The molecule has 1 amide bonds. The zero-order valence-corrected chi connectivity index (χ0v) is 15.8. The molecule has 2 atom stereocenters. The average Bonchev–Trinajstić information content (AvgIpc) is 3.36. The number of nitrogens with zero attached hydrogens (tertiary/aromatic N) is 4. The largest absolute Gasteiger partial charge is 0.394 e. The van der Waals surface area contributed by atoms with E-state index in [1.807, 2.05) is 4.90 Å². The number of fused-ring (bicyclic) bond motifs is 1. The predicted molar refractivity (Wildman–Crippen MR) is 103 cm³/mol. The van der Waals surface area contributed by atoms with Gasteiger partial charge in [0.25, 0.3) is 5.91 Å². The number of hydrogen-bond acceptors (Lipinski definition) is 5. The quantitative estimate of drug-likeness (QED) is 0.686. The molecule has 7 nitrogen and oxygen atoms in total. The summed E-state index contributed by atoms with van der Waals surface area (Å²) in [5, 5.41) is 16.0. The van der Waals surface area contributed by atoms with Gasteiger partial charge in [-0.05, 0) is 44.0 Å². The maximum absolute atomic E-state index is 14.3. The first kappa shape index (κ1) is 19.3. The molecule has 2 aromatic heterocycles. The van der Waals surface area contributed by atoms with Crippen LogP contribution < -0.4 is 10.2 Å². The molecule has 1 saturated heterocycles. The molecule has 9 heteroatoms. The first-order valence-electron chi connectivity index (χ1n) is 9.45. The van der Waals surface area contributed by atoms with Crippen molar-refractivity contribution in [1.82, 2.24) is 19.9 Å². The summed E-state index contributed by atoms with van der Waals surface area (Å²) in [6, 6.07) is 4.47. The van der Waals surface area contributed by atoms with Crippen LogP contribution in [0.5, 0.6) is 0 Å². The molecule has 1 aliphatic heterocycles. The van der Waals surface area contributed by atoms with Crippen molar-refractivity contribution in [1.29, 1.82) is 0 Å². The second kappa shape index (κ2) is 7.75. The van der Waals surface area contributed by atoms with Crippen LogP contribution in [0.4, 0.5) is 14.6 Å². The average molecular weight is 401 g/mol. The van der Waals surface area contributed by atoms with Gasteiger partial charge in [0.15, 0.2) is 5.65 Å². The van der Waals surface area contributed by atoms with Crippen LogP contribution in [-0.4, -0.2) is 44.8 Å². The van der Waals surface area contributed by atoms with Crippen LogP contribution in [0.1, 0.15) is 41.7 Å². The van der Waals surface area contributed by atoms with E-state index >= 15 is 0 Å². The van der Waals surface area contributed by atoms with Gasteiger partial charge in [0.2, 0.25) is 0 Å². The molecule has 29 heavy (non-hydrogen) atoms. The number of rotatable bonds is 5. The fourth-order valence-corrected chi connectivity index (χ4v) is 3.66. The third-order valence-electron chi connectivity index (χ3n) is 5.11. The van der Waals surface area contributed by atoms with E-state index in [4.69, 9.17) is 5.11 Å². The molecular weight excluding hydrogens is 380 g/mol. The number of halogens is 2. The summed E-state index contributed by atoms with van der Waals surface area (Å²) in [6.45, 7) is 2.14. The topological polar surface area (TPSA) is 82.8 Å². The number of carbonyl (C=O) groups excluding carboxylic acids is 1. The van der Waals surface area contributed by atoms with Crippen LogP contribution in [0.2, 0.25) is 0 Å². The SMILES string of the molecule is CC(CO)NC(=O)c1cnn2ccc(N3CCC[C@@H]3c3cc(F)ccc3F)nc12. The van der Waals surface area contributed by atoms with Crippen molar-refractivity contribution in [3.63, 3.8) is 0 Å². The van der Waals surface area contributed by atoms with Crippen molar-refractivity contribution in [2.24, 2.45) is 0 Å². The summed E-state index contributed by atoms with van der Waals surface area (Å²) in [7, 11) is 0. The number of aromatic nitrogens is 3. The summed E-state index contributed by atoms with van der Waals surface area (Å²) in [4.78, 5) is 19.0. The number of aliphatic hydroxyl groups excluding tert-OH is 1. The Morgan fingerprint density at radius 2 is 2.21 bits per heavy atom. The second-order valence-electron chi connectivity index (χ2n) is 7.19. The Balaban J connectivity index is 1.69. The summed E-state index contributed by atoms with van der Waals surface area (Å²) < 4.78 is 29.5. The predicted octanol–water partition coefficient (Wildman–Crippen LogP) is 2.46. The van der Waals surface area contributed by atoms with Gasteiger partial charge in [-0.1, -0.05) is 0 Å². The highest BCUT2D eigenvalue weighted by atomic mass is 19.1. The fourth-order valence-electron chi connectivity index (χ4n) is 3.66. The lowest BCUT2D eigenvalue weighted by Gasteiger charge is -2.26. The number of benzene rings is 1. The molecule has 3 aromatic rings. The van der Waals surface area contributed by atoms with Gasteiger partial charge in [-0.2, -0.15) is 5.10 Å². The number of anilines is 1. The van der Waals surface area contributed by atoms with E-state index in [-0.39, 0.29) is 24.1 Å². The molecule has 1 aliphatic rings. The van der Waals surface area contributed by atoms with Crippen LogP contribution in [0.25, 0.3) is 5.65 Å². The Labute approximate surface area is 166 Å². The van der Waals surface area contributed by atoms with Crippen molar-refractivity contribution in [3.05, 3.63) is 59.4 Å². The molecule has 3 heterocycles. The smallest absolute Gasteiger partial charge is 0.257 e. The first-order valence-corrected chi connectivity index (χ1v) is 9.45. The van der Waals surface area contributed by atoms with Gasteiger partial charge in [-0.15, -0.1) is 0 Å². The van der Waals surface area contributed by atoms with E-state index in [2.05, 4.69) is 15.4 Å². The van der Waals surface area contributed by atoms with Crippen molar-refractivity contribution < 1.29 is 18.7 Å². The van der Waals surface area contributed by atoms with Crippen LogP contribution >= 0.6 is 0 Å². The molecule has 1 aromatic carbocycles. The van der Waals surface area contributed by atoms with E-state index < -0.39 is 17.7 Å². The van der Waals surface area contributed by atoms with Gasteiger partial charge >= 0.3 is 0 Å². The monoisotopic (exact) mass is 401 g/mol. The van der Waals surface area contributed by atoms with Crippen LogP contribution in [0.3, 0.4) is 0 Å². The fraction of sp³-hybridized carbons (Fsp3) is 0.350. The second-order valence-corrected chi connectivity index (χ2v) is 7.19. The zero-order chi connectivity index (χ0) is 20.5. The van der Waals surface area contributed by atoms with E-state index in [1.165, 1.54) is 16.8 Å². The Kier molecular flexibility index (Phi) is 5.14. The minimum Gasteiger partial charge on any atom is -0.394 e. The molecule has 1 unspecified atom stereocenters. The van der Waals surface area contributed by atoms with Gasteiger partial charge in [0, 0.05) is 24.3 Å². The highest BCUT2D eigenvalue weighted by Gasteiger charge is 2.30. The minimum atomic E-state index is -0.482.